The number of carbonyl (C=O) groups excluding carboxylic acids is 1. The predicted octanol–water partition coefficient (Wildman–Crippen LogP) is 5.08. The van der Waals surface area contributed by atoms with Gasteiger partial charge in [-0.2, -0.15) is 0 Å². The average Bonchev–Trinajstić information content (AvgIpc) is 2.32. The number of rotatable bonds is 3. The highest BCUT2D eigenvalue weighted by Gasteiger charge is 2.17. The molecular formula is C14H17BrOS. The maximum atomic E-state index is 11.6. The third kappa shape index (κ3) is 3.59. The number of carbonyl (C=O) groups is 1. The van der Waals surface area contributed by atoms with E-state index in [2.05, 4.69) is 22.0 Å². The Morgan fingerprint density at radius 3 is 2.65 bits per heavy atom. The molecular weight excluding hydrogens is 296 g/mol. The third-order valence-corrected chi connectivity index (χ3v) is 5.07. The highest BCUT2D eigenvalue weighted by Crippen LogP contribution is 2.36. The smallest absolute Gasteiger partial charge is 0.160 e. The lowest BCUT2D eigenvalue weighted by atomic mass is 10.0. The van der Waals surface area contributed by atoms with Crippen molar-refractivity contribution in [2.75, 3.05) is 0 Å². The highest BCUT2D eigenvalue weighted by atomic mass is 79.9. The summed E-state index contributed by atoms with van der Waals surface area (Å²) in [5.74, 6) is 0.157. The summed E-state index contributed by atoms with van der Waals surface area (Å²) < 4.78 is 0.982. The predicted molar refractivity (Wildman–Crippen MR) is 76.9 cm³/mol. The molecule has 0 aliphatic heterocycles. The molecule has 2 rings (SSSR count). The number of hydrogen-bond donors (Lipinski definition) is 0. The molecule has 3 heteroatoms. The van der Waals surface area contributed by atoms with Gasteiger partial charge in [0.25, 0.3) is 0 Å². The first kappa shape index (κ1) is 13.2. The highest BCUT2D eigenvalue weighted by molar-refractivity contribution is 9.10. The summed E-state index contributed by atoms with van der Waals surface area (Å²) in [4.78, 5) is 12.8. The Balaban J connectivity index is 2.16. The first-order valence-electron chi connectivity index (χ1n) is 6.14. The molecule has 0 bridgehead atoms. The van der Waals surface area contributed by atoms with Gasteiger partial charge < -0.3 is 0 Å². The second kappa shape index (κ2) is 6.05. The number of benzene rings is 1. The zero-order valence-corrected chi connectivity index (χ0v) is 12.4. The molecule has 0 spiro atoms. The zero-order chi connectivity index (χ0) is 12.3. The summed E-state index contributed by atoms with van der Waals surface area (Å²) in [5.41, 5.74) is 0.856. The molecule has 0 unspecified atom stereocenters. The van der Waals surface area contributed by atoms with Crippen LogP contribution in [0.4, 0.5) is 0 Å². The van der Waals surface area contributed by atoms with E-state index < -0.39 is 0 Å². The second-order valence-electron chi connectivity index (χ2n) is 4.57. The lowest BCUT2D eigenvalue weighted by molar-refractivity contribution is 0.101. The van der Waals surface area contributed by atoms with Gasteiger partial charge in [0.2, 0.25) is 0 Å². The lowest BCUT2D eigenvalue weighted by Crippen LogP contribution is -2.08. The van der Waals surface area contributed by atoms with Crippen molar-refractivity contribution in [3.05, 3.63) is 28.2 Å². The van der Waals surface area contributed by atoms with Gasteiger partial charge in [0, 0.05) is 20.2 Å². The van der Waals surface area contributed by atoms with Crippen LogP contribution in [0.5, 0.6) is 0 Å². The van der Waals surface area contributed by atoms with Crippen LogP contribution in [0.1, 0.15) is 49.4 Å². The van der Waals surface area contributed by atoms with Gasteiger partial charge in [0.05, 0.1) is 0 Å². The van der Waals surface area contributed by atoms with Crippen LogP contribution in [0.15, 0.2) is 27.6 Å². The fraction of sp³-hybridized carbons (Fsp3) is 0.500. The van der Waals surface area contributed by atoms with E-state index >= 15 is 0 Å². The van der Waals surface area contributed by atoms with E-state index in [-0.39, 0.29) is 5.78 Å². The molecule has 1 nitrogen and oxygen atoms in total. The summed E-state index contributed by atoms with van der Waals surface area (Å²) >= 11 is 5.31. The molecule has 0 N–H and O–H groups in total. The number of thioether (sulfide) groups is 1. The van der Waals surface area contributed by atoms with Gasteiger partial charge in [0.15, 0.2) is 5.78 Å². The molecule has 0 atom stereocenters. The monoisotopic (exact) mass is 312 g/mol. The normalized spacial score (nSPS) is 17.1. The van der Waals surface area contributed by atoms with Crippen molar-refractivity contribution >= 4 is 33.5 Å². The van der Waals surface area contributed by atoms with Crippen molar-refractivity contribution in [2.45, 2.75) is 49.2 Å². The van der Waals surface area contributed by atoms with Crippen LogP contribution in [0.25, 0.3) is 0 Å². The molecule has 0 aromatic heterocycles. The molecule has 92 valence electrons. The number of halogens is 1. The maximum absolute atomic E-state index is 11.6. The van der Waals surface area contributed by atoms with E-state index in [0.717, 1.165) is 14.9 Å². The molecule has 1 fully saturated rings. The van der Waals surface area contributed by atoms with Crippen LogP contribution in [-0.4, -0.2) is 11.0 Å². The minimum absolute atomic E-state index is 0.157. The van der Waals surface area contributed by atoms with Crippen molar-refractivity contribution in [3.8, 4) is 0 Å². The van der Waals surface area contributed by atoms with E-state index in [1.807, 2.05) is 23.9 Å². The van der Waals surface area contributed by atoms with Gasteiger partial charge in [-0.25, -0.2) is 0 Å². The van der Waals surface area contributed by atoms with Crippen molar-refractivity contribution < 1.29 is 4.79 Å². The van der Waals surface area contributed by atoms with Crippen molar-refractivity contribution in [2.24, 2.45) is 0 Å². The van der Waals surface area contributed by atoms with Crippen LogP contribution in [0.3, 0.4) is 0 Å². The number of hydrogen-bond acceptors (Lipinski definition) is 2. The fourth-order valence-electron chi connectivity index (χ4n) is 2.24. The molecule has 0 heterocycles. The molecule has 1 aliphatic rings. The SMILES string of the molecule is CC(=O)c1cc(Br)ccc1SC1CCCCC1. The van der Waals surface area contributed by atoms with Crippen LogP contribution in [0.2, 0.25) is 0 Å². The van der Waals surface area contributed by atoms with Crippen LogP contribution in [0, 0.1) is 0 Å². The second-order valence-corrected chi connectivity index (χ2v) is 6.83. The zero-order valence-electron chi connectivity index (χ0n) is 10.0. The van der Waals surface area contributed by atoms with E-state index in [1.54, 1.807) is 6.92 Å². The first-order chi connectivity index (χ1) is 8.16. The van der Waals surface area contributed by atoms with E-state index in [4.69, 9.17) is 0 Å². The van der Waals surface area contributed by atoms with Gasteiger partial charge >= 0.3 is 0 Å². The van der Waals surface area contributed by atoms with Gasteiger partial charge in [-0.3, -0.25) is 4.79 Å². The maximum Gasteiger partial charge on any atom is 0.160 e. The summed E-state index contributed by atoms with van der Waals surface area (Å²) in [6, 6.07) is 6.03. The minimum atomic E-state index is 0.157. The van der Waals surface area contributed by atoms with Crippen molar-refractivity contribution in [1.29, 1.82) is 0 Å². The Kier molecular flexibility index (Phi) is 4.69. The summed E-state index contributed by atoms with van der Waals surface area (Å²) in [6.07, 6.45) is 6.63. The molecule has 1 aromatic rings. The van der Waals surface area contributed by atoms with E-state index in [9.17, 15) is 4.79 Å². The molecule has 0 saturated heterocycles. The molecule has 0 amide bonds. The molecule has 0 radical (unpaired) electrons. The quantitative estimate of drug-likeness (QED) is 0.724. The van der Waals surface area contributed by atoms with Gasteiger partial charge in [-0.1, -0.05) is 35.2 Å². The van der Waals surface area contributed by atoms with Crippen LogP contribution >= 0.6 is 27.7 Å². The fourth-order valence-corrected chi connectivity index (χ4v) is 4.01. The Labute approximate surface area is 115 Å². The molecule has 1 aromatic carbocycles. The van der Waals surface area contributed by atoms with Gasteiger partial charge in [0.1, 0.15) is 0 Å². The Hall–Kier alpha value is -0.280. The standard InChI is InChI=1S/C14H17BrOS/c1-10(16)13-9-11(15)7-8-14(13)17-12-5-3-2-4-6-12/h7-9,12H,2-6H2,1H3. The van der Waals surface area contributed by atoms with E-state index in [1.165, 1.54) is 32.1 Å². The molecule has 1 aliphatic carbocycles. The van der Waals surface area contributed by atoms with Crippen LogP contribution in [-0.2, 0) is 0 Å². The average molecular weight is 313 g/mol. The first-order valence-corrected chi connectivity index (χ1v) is 7.81. The molecule has 17 heavy (non-hydrogen) atoms. The van der Waals surface area contributed by atoms with Crippen molar-refractivity contribution in [1.82, 2.24) is 0 Å². The van der Waals surface area contributed by atoms with Crippen molar-refractivity contribution in [3.63, 3.8) is 0 Å². The van der Waals surface area contributed by atoms with Gasteiger partial charge in [-0.15, -0.1) is 11.8 Å². The molecule has 1 saturated carbocycles. The summed E-state index contributed by atoms with van der Waals surface area (Å²) in [6.45, 7) is 1.65. The number of Topliss-reactive ketones (excluding diaryl/α,β-unsaturated/α-hetero) is 1. The summed E-state index contributed by atoms with van der Waals surface area (Å²) in [7, 11) is 0. The topological polar surface area (TPSA) is 17.1 Å². The Bertz CT molecular complexity index is 411. The van der Waals surface area contributed by atoms with E-state index in [0.29, 0.717) is 5.25 Å². The van der Waals surface area contributed by atoms with Gasteiger partial charge in [-0.05, 0) is 38.0 Å². The Morgan fingerprint density at radius 1 is 1.29 bits per heavy atom. The lowest BCUT2D eigenvalue weighted by Gasteiger charge is -2.21. The Morgan fingerprint density at radius 2 is 2.00 bits per heavy atom. The third-order valence-electron chi connectivity index (χ3n) is 3.17. The largest absolute Gasteiger partial charge is 0.294 e. The summed E-state index contributed by atoms with van der Waals surface area (Å²) in [5, 5.41) is 0.697. The number of ketones is 1. The minimum Gasteiger partial charge on any atom is -0.294 e. The van der Waals surface area contributed by atoms with Crippen LogP contribution < -0.4 is 0 Å².